The lowest BCUT2D eigenvalue weighted by Crippen LogP contribution is -2.66. The first kappa shape index (κ1) is 70.3. The van der Waals surface area contributed by atoms with Crippen molar-refractivity contribution in [1.82, 2.24) is 5.32 Å². The Bertz CT molecular complexity index is 1570. The molecular formula is C59H107NO18. The van der Waals surface area contributed by atoms with Crippen LogP contribution in [-0.4, -0.2) is 193 Å². The summed E-state index contributed by atoms with van der Waals surface area (Å²) in [7, 11) is 0. The molecule has 0 spiro atoms. The van der Waals surface area contributed by atoms with Crippen molar-refractivity contribution in [3.05, 3.63) is 36.5 Å². The zero-order valence-electron chi connectivity index (χ0n) is 47.4. The molecule has 17 atom stereocenters. The van der Waals surface area contributed by atoms with E-state index in [1.165, 1.54) is 116 Å². The van der Waals surface area contributed by atoms with Gasteiger partial charge in [-0.3, -0.25) is 4.79 Å². The molecule has 19 nitrogen and oxygen atoms in total. The molecule has 17 unspecified atom stereocenters. The smallest absolute Gasteiger partial charge is 0.220 e. The Balaban J connectivity index is 1.36. The standard InChI is InChI=1S/C59H107NO18/c1-3-5-7-9-11-12-13-14-15-16-17-18-19-20-21-22-23-24-25-26-27-28-29-30-31-33-35-37-47(65)60-42(43(64)36-34-32-10-8-6-4-2)41-73-57-53(71)50(68)55(45(39-62)75-57)78-59-54(72)51(69)56(46(40-63)76-59)77-58-52(70)49(67)48(66)44(38-61)74-58/h13-14,16-17,34,36,42-46,48-59,61-64,66-72H,3-12,15,18-33,35,37-41H2,1-2H3,(H,60,65)/b14-13-,17-16-,36-34+. The van der Waals surface area contributed by atoms with E-state index in [-0.39, 0.29) is 18.9 Å². The maximum Gasteiger partial charge on any atom is 0.220 e. The molecule has 0 aromatic heterocycles. The number of amides is 1. The number of carbonyl (C=O) groups excluding carboxylic acids is 1. The Labute approximate surface area is 466 Å². The van der Waals surface area contributed by atoms with Gasteiger partial charge in [-0.2, -0.15) is 0 Å². The summed E-state index contributed by atoms with van der Waals surface area (Å²) in [5.74, 6) is -0.282. The lowest BCUT2D eigenvalue weighted by molar-refractivity contribution is -0.379. The van der Waals surface area contributed by atoms with Gasteiger partial charge in [0.15, 0.2) is 18.9 Å². The van der Waals surface area contributed by atoms with Gasteiger partial charge in [-0.25, -0.2) is 0 Å². The van der Waals surface area contributed by atoms with E-state index in [0.717, 1.165) is 57.8 Å². The topological polar surface area (TPSA) is 307 Å². The molecule has 78 heavy (non-hydrogen) atoms. The Hall–Kier alpha value is -1.99. The third kappa shape index (κ3) is 26.5. The summed E-state index contributed by atoms with van der Waals surface area (Å²) in [4.78, 5) is 13.2. The van der Waals surface area contributed by atoms with Gasteiger partial charge >= 0.3 is 0 Å². The molecule has 0 aromatic rings. The Morgan fingerprint density at radius 3 is 1.32 bits per heavy atom. The second-order valence-electron chi connectivity index (χ2n) is 21.8. The molecule has 0 aromatic carbocycles. The normalized spacial score (nSPS) is 30.7. The van der Waals surface area contributed by atoms with Gasteiger partial charge in [0, 0.05) is 6.42 Å². The van der Waals surface area contributed by atoms with Crippen LogP contribution in [0.15, 0.2) is 36.5 Å². The maximum atomic E-state index is 13.2. The number of rotatable bonds is 44. The quantitative estimate of drug-likeness (QED) is 0.0271. The zero-order chi connectivity index (χ0) is 56.9. The molecule has 3 fully saturated rings. The van der Waals surface area contributed by atoms with Gasteiger partial charge in [-0.1, -0.05) is 179 Å². The van der Waals surface area contributed by atoms with E-state index in [0.29, 0.717) is 6.42 Å². The van der Waals surface area contributed by atoms with Crippen LogP contribution in [0.25, 0.3) is 0 Å². The molecule has 3 rings (SSSR count). The Morgan fingerprint density at radius 2 is 0.846 bits per heavy atom. The van der Waals surface area contributed by atoms with Crippen LogP contribution >= 0.6 is 0 Å². The number of allylic oxidation sites excluding steroid dienone is 5. The fourth-order valence-electron chi connectivity index (χ4n) is 10.2. The molecule has 3 aliphatic heterocycles. The first-order valence-corrected chi connectivity index (χ1v) is 30.2. The van der Waals surface area contributed by atoms with Crippen molar-refractivity contribution in [2.24, 2.45) is 0 Å². The summed E-state index contributed by atoms with van der Waals surface area (Å²) in [6.07, 6.45) is 19.1. The third-order valence-electron chi connectivity index (χ3n) is 15.2. The Morgan fingerprint density at radius 1 is 0.462 bits per heavy atom. The average Bonchev–Trinajstić information content (AvgIpc) is 3.47. The highest BCUT2D eigenvalue weighted by Crippen LogP contribution is 2.33. The summed E-state index contributed by atoms with van der Waals surface area (Å²) < 4.78 is 34.1. The minimum atomic E-state index is -1.98. The van der Waals surface area contributed by atoms with Crippen molar-refractivity contribution in [2.75, 3.05) is 26.4 Å². The van der Waals surface area contributed by atoms with Crippen LogP contribution in [0.3, 0.4) is 0 Å². The molecule has 456 valence electrons. The minimum Gasteiger partial charge on any atom is -0.394 e. The molecule has 0 saturated carbocycles. The molecule has 0 aliphatic carbocycles. The molecule has 12 N–H and O–H groups in total. The lowest BCUT2D eigenvalue weighted by Gasteiger charge is -2.48. The van der Waals surface area contributed by atoms with E-state index in [4.69, 9.17) is 28.4 Å². The second-order valence-corrected chi connectivity index (χ2v) is 21.8. The van der Waals surface area contributed by atoms with Crippen LogP contribution in [-0.2, 0) is 33.2 Å². The number of aliphatic hydroxyl groups is 11. The van der Waals surface area contributed by atoms with Crippen molar-refractivity contribution < 1.29 is 89.4 Å². The highest BCUT2D eigenvalue weighted by Gasteiger charge is 2.53. The summed E-state index contributed by atoms with van der Waals surface area (Å²) in [6, 6.07) is -0.968. The van der Waals surface area contributed by atoms with Crippen molar-refractivity contribution in [2.45, 2.75) is 304 Å². The average molecular weight is 1120 g/mol. The minimum absolute atomic E-state index is 0.243. The number of ether oxygens (including phenoxy) is 6. The van der Waals surface area contributed by atoms with E-state index in [2.05, 4.69) is 43.5 Å². The number of unbranched alkanes of at least 4 members (excludes halogenated alkanes) is 24. The van der Waals surface area contributed by atoms with E-state index < -0.39 is 124 Å². The number of hydrogen-bond acceptors (Lipinski definition) is 18. The molecule has 3 aliphatic rings. The van der Waals surface area contributed by atoms with Gasteiger partial charge < -0.3 is 89.9 Å². The summed E-state index contributed by atoms with van der Waals surface area (Å²) in [6.45, 7) is 1.61. The Kier molecular flexibility index (Phi) is 38.5. The third-order valence-corrected chi connectivity index (χ3v) is 15.2. The van der Waals surface area contributed by atoms with E-state index in [1.807, 2.05) is 6.08 Å². The number of carbonyl (C=O) groups is 1. The van der Waals surface area contributed by atoms with E-state index in [1.54, 1.807) is 6.08 Å². The first-order valence-electron chi connectivity index (χ1n) is 30.2. The van der Waals surface area contributed by atoms with Crippen LogP contribution in [0.5, 0.6) is 0 Å². The molecule has 19 heteroatoms. The van der Waals surface area contributed by atoms with Gasteiger partial charge in [-0.05, 0) is 51.4 Å². The molecule has 0 radical (unpaired) electrons. The van der Waals surface area contributed by atoms with E-state index >= 15 is 0 Å². The summed E-state index contributed by atoms with van der Waals surface area (Å²) in [5, 5.41) is 120. The maximum absolute atomic E-state index is 13.2. The van der Waals surface area contributed by atoms with Crippen LogP contribution < -0.4 is 5.32 Å². The molecule has 0 bridgehead atoms. The molecule has 1 amide bonds. The van der Waals surface area contributed by atoms with Crippen LogP contribution in [0.4, 0.5) is 0 Å². The van der Waals surface area contributed by atoms with E-state index in [9.17, 15) is 61.0 Å². The van der Waals surface area contributed by atoms with Crippen molar-refractivity contribution in [3.63, 3.8) is 0 Å². The molecule has 3 heterocycles. The van der Waals surface area contributed by atoms with Crippen molar-refractivity contribution in [1.29, 1.82) is 0 Å². The van der Waals surface area contributed by atoms with Crippen LogP contribution in [0.2, 0.25) is 0 Å². The highest BCUT2D eigenvalue weighted by atomic mass is 16.8. The fourth-order valence-corrected chi connectivity index (χ4v) is 10.2. The zero-order valence-corrected chi connectivity index (χ0v) is 47.4. The van der Waals surface area contributed by atoms with Gasteiger partial charge in [0.2, 0.25) is 5.91 Å². The lowest BCUT2D eigenvalue weighted by atomic mass is 9.96. The predicted molar refractivity (Wildman–Crippen MR) is 296 cm³/mol. The molecule has 3 saturated heterocycles. The highest BCUT2D eigenvalue weighted by molar-refractivity contribution is 5.76. The first-order chi connectivity index (χ1) is 37.8. The van der Waals surface area contributed by atoms with Gasteiger partial charge in [0.05, 0.1) is 38.6 Å². The number of hydrogen-bond donors (Lipinski definition) is 12. The second kappa shape index (κ2) is 42.8. The summed E-state index contributed by atoms with van der Waals surface area (Å²) >= 11 is 0. The number of nitrogens with one attached hydrogen (secondary N) is 1. The fraction of sp³-hybridized carbons (Fsp3) is 0.881. The molecular weight excluding hydrogens is 1010 g/mol. The van der Waals surface area contributed by atoms with Crippen LogP contribution in [0, 0.1) is 0 Å². The van der Waals surface area contributed by atoms with Gasteiger partial charge in [0.1, 0.15) is 73.2 Å². The monoisotopic (exact) mass is 1120 g/mol. The van der Waals surface area contributed by atoms with Crippen molar-refractivity contribution >= 4 is 5.91 Å². The van der Waals surface area contributed by atoms with Gasteiger partial charge in [0.25, 0.3) is 0 Å². The summed E-state index contributed by atoms with van der Waals surface area (Å²) in [5.41, 5.74) is 0. The van der Waals surface area contributed by atoms with Crippen LogP contribution in [0.1, 0.15) is 200 Å². The predicted octanol–water partition coefficient (Wildman–Crippen LogP) is 5.32. The van der Waals surface area contributed by atoms with Gasteiger partial charge in [-0.15, -0.1) is 0 Å². The largest absolute Gasteiger partial charge is 0.394 e. The number of aliphatic hydroxyl groups excluding tert-OH is 11. The SMILES string of the molecule is CCCCCC/C=C/C(O)C(COC1OC(CO)C(OC2OC(CO)C(OC3OC(CO)C(O)C(O)C3O)C(O)C2O)C(O)C1O)NC(=O)CCCCCCCCCCCCCCCCC/C=C\C/C=C\CCCCCCC. The van der Waals surface area contributed by atoms with Crippen molar-refractivity contribution in [3.8, 4) is 0 Å².